The predicted octanol–water partition coefficient (Wildman–Crippen LogP) is 4.96. The Morgan fingerprint density at radius 2 is 1.81 bits per heavy atom. The highest BCUT2D eigenvalue weighted by Crippen LogP contribution is 2.31. The van der Waals surface area contributed by atoms with Crippen molar-refractivity contribution in [3.63, 3.8) is 0 Å². The number of nitrogens with one attached hydrogen (secondary N) is 1. The molecule has 0 aliphatic heterocycles. The van der Waals surface area contributed by atoms with Crippen LogP contribution in [-0.4, -0.2) is 33.0 Å². The third-order valence-electron chi connectivity index (χ3n) is 4.69. The summed E-state index contributed by atoms with van der Waals surface area (Å²) in [5.74, 6) is -0.692. The minimum atomic E-state index is -0.581. The summed E-state index contributed by atoms with van der Waals surface area (Å²) in [7, 11) is 0. The molecule has 4 aromatic rings. The Balaban J connectivity index is 1.97. The van der Waals surface area contributed by atoms with Gasteiger partial charge in [-0.1, -0.05) is 30.3 Å². The van der Waals surface area contributed by atoms with Crippen molar-refractivity contribution in [2.24, 2.45) is 0 Å². The third-order valence-corrected chi connectivity index (χ3v) is 5.38. The topological polar surface area (TPSA) is 86.1 Å². The molecular weight excluding hydrogens is 460 g/mol. The smallest absolute Gasteiger partial charge is 0.344 e. The highest BCUT2D eigenvalue weighted by molar-refractivity contribution is 9.10. The van der Waals surface area contributed by atoms with Gasteiger partial charge in [0.25, 0.3) is 5.91 Å². The van der Waals surface area contributed by atoms with E-state index in [1.807, 2.05) is 30.3 Å². The van der Waals surface area contributed by atoms with Gasteiger partial charge in [0.2, 0.25) is 0 Å². The molecule has 0 fully saturated rings. The van der Waals surface area contributed by atoms with Crippen LogP contribution in [0.15, 0.2) is 65.7 Å². The Hall–Kier alpha value is -3.52. The van der Waals surface area contributed by atoms with Crippen molar-refractivity contribution >= 4 is 55.8 Å². The Bertz CT molecular complexity index is 1330. The van der Waals surface area contributed by atoms with Gasteiger partial charge in [0.05, 0.1) is 23.2 Å². The maximum atomic E-state index is 13.1. The zero-order chi connectivity index (χ0) is 22.0. The van der Waals surface area contributed by atoms with Crippen molar-refractivity contribution in [3.8, 4) is 0 Å². The van der Waals surface area contributed by atoms with Crippen LogP contribution >= 0.6 is 15.9 Å². The van der Waals surface area contributed by atoms with Crippen molar-refractivity contribution in [2.75, 3.05) is 11.9 Å². The van der Waals surface area contributed by atoms with E-state index >= 15 is 0 Å². The molecule has 0 unspecified atom stereocenters. The number of amides is 1. The summed E-state index contributed by atoms with van der Waals surface area (Å²) in [6.07, 6.45) is 1.67. The van der Waals surface area contributed by atoms with E-state index in [0.29, 0.717) is 38.8 Å². The van der Waals surface area contributed by atoms with Crippen molar-refractivity contribution in [1.29, 1.82) is 0 Å². The molecule has 0 aliphatic carbocycles. The SMILES string of the molecule is C=CCn1c(NC(=O)c2ccccc2Br)c(C(=O)OCC)c2nc3ccccc3nc21. The monoisotopic (exact) mass is 478 g/mol. The van der Waals surface area contributed by atoms with Gasteiger partial charge in [-0.15, -0.1) is 6.58 Å². The number of carbonyl (C=O) groups excluding carboxylic acids is 2. The minimum Gasteiger partial charge on any atom is -0.462 e. The lowest BCUT2D eigenvalue weighted by Gasteiger charge is -2.12. The Kier molecular flexibility index (Phi) is 5.81. The third kappa shape index (κ3) is 3.82. The second-order valence-electron chi connectivity index (χ2n) is 6.66. The summed E-state index contributed by atoms with van der Waals surface area (Å²) in [6, 6.07) is 14.4. The molecule has 0 radical (unpaired) electrons. The maximum Gasteiger partial charge on any atom is 0.344 e. The summed E-state index contributed by atoms with van der Waals surface area (Å²) < 4.78 is 7.63. The van der Waals surface area contributed by atoms with Crippen LogP contribution in [0.4, 0.5) is 5.82 Å². The number of anilines is 1. The van der Waals surface area contributed by atoms with Crippen molar-refractivity contribution < 1.29 is 14.3 Å². The number of fused-ring (bicyclic) bond motifs is 2. The van der Waals surface area contributed by atoms with Gasteiger partial charge in [-0.25, -0.2) is 14.8 Å². The standard InChI is InChI=1S/C23H19BrN4O3/c1-3-13-28-20(27-22(29)14-9-5-6-10-15(14)24)18(23(30)31-4-2)19-21(28)26-17-12-8-7-11-16(17)25-19/h3,5-12H,1,4,13H2,2H3,(H,27,29). The zero-order valence-electron chi connectivity index (χ0n) is 16.8. The van der Waals surface area contributed by atoms with Crippen LogP contribution in [0.2, 0.25) is 0 Å². The lowest BCUT2D eigenvalue weighted by atomic mass is 10.2. The van der Waals surface area contributed by atoms with Gasteiger partial charge in [0.1, 0.15) is 16.9 Å². The molecule has 8 heteroatoms. The molecule has 4 rings (SSSR count). The van der Waals surface area contributed by atoms with Crippen LogP contribution in [0.3, 0.4) is 0 Å². The largest absolute Gasteiger partial charge is 0.462 e. The number of carbonyl (C=O) groups is 2. The molecular formula is C23H19BrN4O3. The average Bonchev–Trinajstić information content (AvgIpc) is 3.05. The fraction of sp³-hybridized carbons (Fsp3) is 0.130. The molecule has 2 aromatic carbocycles. The number of allylic oxidation sites excluding steroid dienone is 1. The van der Waals surface area contributed by atoms with Gasteiger partial charge in [-0.3, -0.25) is 4.79 Å². The Morgan fingerprint density at radius 3 is 2.48 bits per heavy atom. The van der Waals surface area contributed by atoms with Gasteiger partial charge in [0, 0.05) is 11.0 Å². The van der Waals surface area contributed by atoms with Crippen LogP contribution in [-0.2, 0) is 11.3 Å². The molecule has 0 saturated heterocycles. The molecule has 31 heavy (non-hydrogen) atoms. The summed E-state index contributed by atoms with van der Waals surface area (Å²) >= 11 is 3.40. The number of esters is 1. The van der Waals surface area contributed by atoms with E-state index < -0.39 is 5.97 Å². The highest BCUT2D eigenvalue weighted by Gasteiger charge is 2.28. The second-order valence-corrected chi connectivity index (χ2v) is 7.52. The average molecular weight is 479 g/mol. The van der Waals surface area contributed by atoms with Crippen molar-refractivity contribution in [1.82, 2.24) is 14.5 Å². The number of ether oxygens (including phenoxy) is 1. The first kappa shape index (κ1) is 20.7. The Morgan fingerprint density at radius 1 is 1.13 bits per heavy atom. The molecule has 0 bridgehead atoms. The number of rotatable bonds is 6. The van der Waals surface area contributed by atoms with Crippen LogP contribution in [0, 0.1) is 0 Å². The molecule has 7 nitrogen and oxygen atoms in total. The van der Waals surface area contributed by atoms with Crippen LogP contribution in [0.5, 0.6) is 0 Å². The normalized spacial score (nSPS) is 10.9. The fourth-order valence-electron chi connectivity index (χ4n) is 3.35. The summed E-state index contributed by atoms with van der Waals surface area (Å²) in [6.45, 7) is 6.03. The van der Waals surface area contributed by atoms with E-state index in [-0.39, 0.29) is 23.9 Å². The van der Waals surface area contributed by atoms with Crippen LogP contribution < -0.4 is 5.32 Å². The number of hydrogen-bond donors (Lipinski definition) is 1. The summed E-state index contributed by atoms with van der Waals surface area (Å²) in [4.78, 5) is 35.4. The number of hydrogen-bond acceptors (Lipinski definition) is 5. The van der Waals surface area contributed by atoms with Gasteiger partial charge in [-0.05, 0) is 47.1 Å². The fourth-order valence-corrected chi connectivity index (χ4v) is 3.82. The first-order valence-electron chi connectivity index (χ1n) is 9.68. The molecule has 1 amide bonds. The van der Waals surface area contributed by atoms with Gasteiger partial charge in [-0.2, -0.15) is 0 Å². The van der Waals surface area contributed by atoms with E-state index in [9.17, 15) is 9.59 Å². The maximum absolute atomic E-state index is 13.1. The predicted molar refractivity (Wildman–Crippen MR) is 123 cm³/mol. The number of benzene rings is 2. The number of para-hydroxylation sites is 2. The molecule has 0 atom stereocenters. The van der Waals surface area contributed by atoms with E-state index in [1.165, 1.54) is 0 Å². The first-order chi connectivity index (χ1) is 15.0. The van der Waals surface area contributed by atoms with Crippen molar-refractivity contribution in [2.45, 2.75) is 13.5 Å². The molecule has 156 valence electrons. The lowest BCUT2D eigenvalue weighted by Crippen LogP contribution is -2.18. The highest BCUT2D eigenvalue weighted by atomic mass is 79.9. The lowest BCUT2D eigenvalue weighted by molar-refractivity contribution is 0.0529. The molecule has 2 aromatic heterocycles. The molecule has 1 N–H and O–H groups in total. The van der Waals surface area contributed by atoms with E-state index in [0.717, 1.165) is 0 Å². The van der Waals surface area contributed by atoms with Crippen molar-refractivity contribution in [3.05, 3.63) is 76.8 Å². The number of halogens is 1. The molecule has 2 heterocycles. The van der Waals surface area contributed by atoms with Gasteiger partial charge >= 0.3 is 5.97 Å². The van der Waals surface area contributed by atoms with Crippen LogP contribution in [0.1, 0.15) is 27.6 Å². The summed E-state index contributed by atoms with van der Waals surface area (Å²) in [5.41, 5.74) is 2.73. The first-order valence-corrected chi connectivity index (χ1v) is 10.5. The van der Waals surface area contributed by atoms with Gasteiger partial charge < -0.3 is 14.6 Å². The zero-order valence-corrected chi connectivity index (χ0v) is 18.3. The van der Waals surface area contributed by atoms with E-state index in [4.69, 9.17) is 9.72 Å². The number of nitrogens with zero attached hydrogens (tertiary/aromatic N) is 3. The molecule has 0 saturated carbocycles. The minimum absolute atomic E-state index is 0.164. The van der Waals surface area contributed by atoms with Gasteiger partial charge in [0.15, 0.2) is 5.65 Å². The van der Waals surface area contributed by atoms with E-state index in [2.05, 4.69) is 32.8 Å². The van der Waals surface area contributed by atoms with E-state index in [1.54, 1.807) is 35.8 Å². The number of aromatic nitrogens is 3. The quantitative estimate of drug-likeness (QED) is 0.312. The molecule has 0 aliphatic rings. The Labute approximate surface area is 186 Å². The molecule has 0 spiro atoms. The summed E-state index contributed by atoms with van der Waals surface area (Å²) in [5, 5.41) is 2.87. The second kappa shape index (κ2) is 8.69. The van der Waals surface area contributed by atoms with Crippen LogP contribution in [0.25, 0.3) is 22.2 Å².